The van der Waals surface area contributed by atoms with E-state index in [9.17, 15) is 23.1 Å². The van der Waals surface area contributed by atoms with Gasteiger partial charge in [0.15, 0.2) is 5.75 Å². The summed E-state index contributed by atoms with van der Waals surface area (Å²) in [6.45, 7) is 0.219. The van der Waals surface area contributed by atoms with Crippen LogP contribution in [0.5, 0.6) is 5.75 Å². The van der Waals surface area contributed by atoms with Crippen LogP contribution in [0.1, 0.15) is 15.9 Å². The van der Waals surface area contributed by atoms with Gasteiger partial charge in [-0.2, -0.15) is 0 Å². The number of hydrogen-bond acceptors (Lipinski definition) is 5. The van der Waals surface area contributed by atoms with Crippen LogP contribution in [-0.4, -0.2) is 24.0 Å². The van der Waals surface area contributed by atoms with Gasteiger partial charge in [-0.05, 0) is 28.8 Å². The standard InChI is InChI=1S/C25H19ClN2O5S/c26-21-12-6-7-13-23(21)34(32,33)27-25(31)20-15-28(16-22(29)24(20)30)14-18-10-4-5-11-19(18)17-8-2-1-3-9-17/h1-13,15-16,29H,14H2,(H,27,31). The number of nitrogens with one attached hydrogen (secondary N) is 1. The molecule has 2 N–H and O–H groups in total. The lowest BCUT2D eigenvalue weighted by Gasteiger charge is -2.14. The number of aromatic nitrogens is 1. The minimum Gasteiger partial charge on any atom is -0.503 e. The highest BCUT2D eigenvalue weighted by atomic mass is 35.5. The average molecular weight is 495 g/mol. The van der Waals surface area contributed by atoms with Crippen molar-refractivity contribution in [3.63, 3.8) is 0 Å². The van der Waals surface area contributed by atoms with Gasteiger partial charge >= 0.3 is 0 Å². The first kappa shape index (κ1) is 23.3. The molecule has 0 spiro atoms. The van der Waals surface area contributed by atoms with Crippen molar-refractivity contribution >= 4 is 27.5 Å². The van der Waals surface area contributed by atoms with E-state index in [1.54, 1.807) is 6.07 Å². The highest BCUT2D eigenvalue weighted by Crippen LogP contribution is 2.25. The molecule has 7 nitrogen and oxygen atoms in total. The Morgan fingerprint density at radius 3 is 2.29 bits per heavy atom. The first-order valence-corrected chi connectivity index (χ1v) is 12.0. The summed E-state index contributed by atoms with van der Waals surface area (Å²) in [5.74, 6) is -1.86. The number of amides is 1. The van der Waals surface area contributed by atoms with Crippen LogP contribution in [0.3, 0.4) is 0 Å². The second kappa shape index (κ2) is 9.54. The van der Waals surface area contributed by atoms with Crippen molar-refractivity contribution in [2.75, 3.05) is 0 Å². The number of sulfonamides is 1. The quantitative estimate of drug-likeness (QED) is 0.421. The summed E-state index contributed by atoms with van der Waals surface area (Å²) in [5, 5.41) is 10.1. The molecule has 0 saturated carbocycles. The van der Waals surface area contributed by atoms with Gasteiger partial charge in [-0.25, -0.2) is 13.1 Å². The van der Waals surface area contributed by atoms with E-state index < -0.39 is 32.7 Å². The number of benzene rings is 3. The zero-order valence-electron chi connectivity index (χ0n) is 17.7. The molecule has 1 heterocycles. The lowest BCUT2D eigenvalue weighted by Crippen LogP contribution is -2.34. The molecule has 1 aromatic heterocycles. The fourth-order valence-corrected chi connectivity index (χ4v) is 5.00. The Morgan fingerprint density at radius 1 is 0.912 bits per heavy atom. The molecular weight excluding hydrogens is 476 g/mol. The molecule has 34 heavy (non-hydrogen) atoms. The van der Waals surface area contributed by atoms with Gasteiger partial charge in [0.2, 0.25) is 5.43 Å². The Kier molecular flexibility index (Phi) is 6.54. The Balaban J connectivity index is 1.68. The predicted octanol–water partition coefficient (Wildman–Crippen LogP) is 4.04. The summed E-state index contributed by atoms with van der Waals surface area (Å²) in [6.07, 6.45) is 2.41. The highest BCUT2D eigenvalue weighted by Gasteiger charge is 2.24. The molecule has 4 aromatic rings. The topological polar surface area (TPSA) is 105 Å². The third-order valence-corrected chi connectivity index (χ3v) is 6.94. The largest absolute Gasteiger partial charge is 0.503 e. The molecule has 0 bridgehead atoms. The van der Waals surface area contributed by atoms with Gasteiger partial charge in [-0.1, -0.05) is 78.3 Å². The van der Waals surface area contributed by atoms with Crippen molar-refractivity contribution in [1.82, 2.24) is 9.29 Å². The first-order valence-electron chi connectivity index (χ1n) is 10.1. The van der Waals surface area contributed by atoms with E-state index in [1.165, 1.54) is 35.2 Å². The van der Waals surface area contributed by atoms with Gasteiger partial charge in [0, 0.05) is 12.7 Å². The van der Waals surface area contributed by atoms with Crippen LogP contribution >= 0.6 is 11.6 Å². The number of hydrogen-bond donors (Lipinski definition) is 2. The second-order valence-corrected chi connectivity index (χ2v) is 9.50. The van der Waals surface area contributed by atoms with Crippen LogP contribution in [0.15, 0.2) is 101 Å². The number of rotatable bonds is 6. The summed E-state index contributed by atoms with van der Waals surface area (Å²) in [6, 6.07) is 22.8. The van der Waals surface area contributed by atoms with Crippen molar-refractivity contribution in [1.29, 1.82) is 0 Å². The maximum atomic E-state index is 12.8. The Bertz CT molecular complexity index is 1530. The van der Waals surface area contributed by atoms with Crippen LogP contribution in [0.4, 0.5) is 0 Å². The monoisotopic (exact) mass is 494 g/mol. The summed E-state index contributed by atoms with van der Waals surface area (Å²) in [7, 11) is -4.34. The number of carbonyl (C=O) groups excluding carboxylic acids is 1. The predicted molar refractivity (Wildman–Crippen MR) is 129 cm³/mol. The molecule has 0 aliphatic carbocycles. The van der Waals surface area contributed by atoms with Crippen molar-refractivity contribution in [2.24, 2.45) is 0 Å². The molecule has 4 rings (SSSR count). The van der Waals surface area contributed by atoms with Gasteiger partial charge in [-0.3, -0.25) is 9.59 Å². The van der Waals surface area contributed by atoms with Gasteiger partial charge in [-0.15, -0.1) is 0 Å². The molecule has 0 radical (unpaired) electrons. The zero-order valence-corrected chi connectivity index (χ0v) is 19.3. The Morgan fingerprint density at radius 2 is 1.56 bits per heavy atom. The summed E-state index contributed by atoms with van der Waals surface area (Å²) < 4.78 is 28.5. The second-order valence-electron chi connectivity index (χ2n) is 7.45. The van der Waals surface area contributed by atoms with Crippen LogP contribution in [-0.2, 0) is 16.6 Å². The molecule has 0 aliphatic heterocycles. The summed E-state index contributed by atoms with van der Waals surface area (Å²) >= 11 is 5.94. The van der Waals surface area contributed by atoms with Crippen molar-refractivity contribution < 1.29 is 18.3 Å². The Hall–Kier alpha value is -3.88. The number of aromatic hydroxyl groups is 1. The maximum Gasteiger partial charge on any atom is 0.270 e. The van der Waals surface area contributed by atoms with E-state index in [0.29, 0.717) is 0 Å². The summed E-state index contributed by atoms with van der Waals surface area (Å²) in [5.41, 5.74) is 1.28. The molecule has 9 heteroatoms. The van der Waals surface area contributed by atoms with E-state index in [0.717, 1.165) is 16.7 Å². The maximum absolute atomic E-state index is 12.8. The van der Waals surface area contributed by atoms with Gasteiger partial charge < -0.3 is 9.67 Å². The van der Waals surface area contributed by atoms with Crippen molar-refractivity contribution in [2.45, 2.75) is 11.4 Å². The number of pyridine rings is 1. The van der Waals surface area contributed by atoms with Gasteiger partial charge in [0.1, 0.15) is 10.5 Å². The minimum atomic E-state index is -4.34. The molecule has 1 amide bonds. The Labute approximate surface area is 200 Å². The lowest BCUT2D eigenvalue weighted by molar-refractivity contribution is 0.0979. The smallest absolute Gasteiger partial charge is 0.270 e. The molecule has 0 aliphatic rings. The molecular formula is C25H19ClN2O5S. The highest BCUT2D eigenvalue weighted by molar-refractivity contribution is 7.90. The first-order chi connectivity index (χ1) is 16.3. The number of nitrogens with zero attached hydrogens (tertiary/aromatic N) is 1. The van der Waals surface area contributed by atoms with E-state index in [4.69, 9.17) is 11.6 Å². The van der Waals surface area contributed by atoms with Crippen LogP contribution in [0.2, 0.25) is 5.02 Å². The van der Waals surface area contributed by atoms with E-state index in [-0.39, 0.29) is 16.5 Å². The SMILES string of the molecule is O=C(NS(=O)(=O)c1ccccc1Cl)c1cn(Cc2ccccc2-c2ccccc2)cc(O)c1=O. The van der Waals surface area contributed by atoms with Crippen LogP contribution in [0, 0.1) is 0 Å². The van der Waals surface area contributed by atoms with Gasteiger partial charge in [0.25, 0.3) is 15.9 Å². The fraction of sp³-hybridized carbons (Fsp3) is 0.0400. The fourth-order valence-electron chi connectivity index (χ4n) is 3.52. The molecule has 0 unspecified atom stereocenters. The van der Waals surface area contributed by atoms with E-state index in [1.807, 2.05) is 59.3 Å². The molecule has 172 valence electrons. The minimum absolute atomic E-state index is 0.0753. The normalized spacial score (nSPS) is 11.2. The van der Waals surface area contributed by atoms with Gasteiger partial charge in [0.05, 0.1) is 11.2 Å². The van der Waals surface area contributed by atoms with E-state index >= 15 is 0 Å². The van der Waals surface area contributed by atoms with E-state index in [2.05, 4.69) is 0 Å². The van der Waals surface area contributed by atoms with Crippen molar-refractivity contribution in [3.05, 3.63) is 118 Å². The molecule has 0 atom stereocenters. The van der Waals surface area contributed by atoms with Crippen LogP contribution in [0.25, 0.3) is 11.1 Å². The third kappa shape index (κ3) is 4.88. The lowest BCUT2D eigenvalue weighted by atomic mass is 9.99. The summed E-state index contributed by atoms with van der Waals surface area (Å²) in [4.78, 5) is 24.9. The molecule has 3 aromatic carbocycles. The third-order valence-electron chi connectivity index (χ3n) is 5.11. The molecule has 0 fully saturated rings. The number of halogens is 1. The number of carbonyl (C=O) groups is 1. The average Bonchev–Trinajstić information content (AvgIpc) is 2.82. The van der Waals surface area contributed by atoms with Crippen molar-refractivity contribution in [3.8, 4) is 16.9 Å². The molecule has 0 saturated heterocycles. The van der Waals surface area contributed by atoms with Crippen LogP contribution < -0.4 is 10.2 Å². The zero-order chi connectivity index (χ0) is 24.3.